The Morgan fingerprint density at radius 3 is 2.25 bits per heavy atom. The Morgan fingerprint density at radius 2 is 1.81 bits per heavy atom. The molecule has 0 aromatic rings. The molecule has 0 saturated heterocycles. The van der Waals surface area contributed by atoms with E-state index in [-0.39, 0.29) is 23.7 Å². The highest BCUT2D eigenvalue weighted by Gasteiger charge is 2.27. The van der Waals surface area contributed by atoms with Crippen LogP contribution in [0, 0.1) is 11.3 Å². The van der Waals surface area contributed by atoms with Crippen LogP contribution in [-0.4, -0.2) is 25.5 Å². The zero-order valence-corrected chi connectivity index (χ0v) is 12.0. The monoisotopic (exact) mass is 250 g/mol. The quantitative estimate of drug-likeness (QED) is 0.681. The van der Waals surface area contributed by atoms with E-state index in [1.807, 2.05) is 13.8 Å². The average molecular weight is 251 g/mol. The number of likely N-dealkylation sites (N-methyl/N-ethyl adjacent to an activating group) is 1. The van der Waals surface area contributed by atoms with Crippen LogP contribution in [0.2, 0.25) is 0 Å². The summed E-state index contributed by atoms with van der Waals surface area (Å²) >= 11 is 0. The number of hydrogen-bond donors (Lipinski definition) is 2. The van der Waals surface area contributed by atoms with Crippen molar-refractivity contribution in [2.24, 2.45) is 11.3 Å². The van der Waals surface area contributed by atoms with Gasteiger partial charge in [-0.2, -0.15) is 0 Å². The van der Waals surface area contributed by atoms with Crippen molar-refractivity contribution in [3.63, 3.8) is 0 Å². The largest absolute Gasteiger partial charge is 0.354 e. The summed E-state index contributed by atoms with van der Waals surface area (Å²) in [5, 5.41) is 6.14. The van der Waals surface area contributed by atoms with E-state index in [1.165, 1.54) is 0 Å². The Morgan fingerprint density at radius 1 is 1.25 bits per heavy atom. The predicted molar refractivity (Wildman–Crippen MR) is 72.0 cm³/mol. The lowest BCUT2D eigenvalue weighted by atomic mass is 9.83. The number of nitrogens with one attached hydrogen (secondary N) is 2. The molecule has 16 heavy (non-hydrogen) atoms. The van der Waals surface area contributed by atoms with E-state index in [4.69, 9.17) is 0 Å². The number of carbonyl (C=O) groups excluding carboxylic acids is 1. The molecule has 0 bridgehead atoms. The molecule has 0 aliphatic heterocycles. The Balaban J connectivity index is 0. The molecule has 3 nitrogen and oxygen atoms in total. The van der Waals surface area contributed by atoms with Crippen LogP contribution in [0.25, 0.3) is 0 Å². The van der Waals surface area contributed by atoms with Crippen LogP contribution in [-0.2, 0) is 4.79 Å². The van der Waals surface area contributed by atoms with Gasteiger partial charge >= 0.3 is 0 Å². The number of rotatable bonds is 7. The lowest BCUT2D eigenvalue weighted by molar-refractivity contribution is -0.130. The minimum atomic E-state index is -0.250. The van der Waals surface area contributed by atoms with Gasteiger partial charge in [0.15, 0.2) is 0 Å². The van der Waals surface area contributed by atoms with Crippen LogP contribution >= 0.6 is 12.4 Å². The molecule has 0 aromatic heterocycles. The van der Waals surface area contributed by atoms with Crippen LogP contribution in [0.5, 0.6) is 0 Å². The van der Waals surface area contributed by atoms with Gasteiger partial charge in [0, 0.05) is 18.5 Å². The normalized spacial score (nSPS) is 11.1. The van der Waals surface area contributed by atoms with E-state index in [2.05, 4.69) is 31.4 Å². The third-order valence-corrected chi connectivity index (χ3v) is 2.37. The van der Waals surface area contributed by atoms with E-state index >= 15 is 0 Å². The van der Waals surface area contributed by atoms with E-state index in [0.717, 1.165) is 19.5 Å². The smallest absolute Gasteiger partial charge is 0.225 e. The van der Waals surface area contributed by atoms with Crippen LogP contribution in [0.3, 0.4) is 0 Å². The van der Waals surface area contributed by atoms with Gasteiger partial charge in [0.2, 0.25) is 5.91 Å². The van der Waals surface area contributed by atoms with E-state index in [1.54, 1.807) is 0 Å². The lowest BCUT2D eigenvalue weighted by Crippen LogP contribution is -2.40. The first-order valence-corrected chi connectivity index (χ1v) is 5.89. The standard InChI is InChI=1S/C12H26N2O.ClH/c1-6-13-7-8-14-11(15)12(4,5)9-10(2)3;/h10,13H,6-9H2,1-5H3,(H,14,15);1H. The van der Waals surface area contributed by atoms with Crippen LogP contribution < -0.4 is 10.6 Å². The molecule has 0 radical (unpaired) electrons. The van der Waals surface area contributed by atoms with Gasteiger partial charge in [0.1, 0.15) is 0 Å². The highest BCUT2D eigenvalue weighted by atomic mass is 35.5. The van der Waals surface area contributed by atoms with Gasteiger partial charge in [-0.1, -0.05) is 34.6 Å². The molecular formula is C12H27ClN2O. The molecule has 0 unspecified atom stereocenters. The summed E-state index contributed by atoms with van der Waals surface area (Å²) < 4.78 is 0. The molecule has 0 rings (SSSR count). The van der Waals surface area contributed by atoms with Crippen molar-refractivity contribution in [3.8, 4) is 0 Å². The fraction of sp³-hybridized carbons (Fsp3) is 0.917. The molecule has 2 N–H and O–H groups in total. The van der Waals surface area contributed by atoms with Gasteiger partial charge in [0.05, 0.1) is 0 Å². The second kappa shape index (κ2) is 8.82. The third kappa shape index (κ3) is 7.94. The Kier molecular flexibility index (Phi) is 9.98. The molecule has 0 heterocycles. The maximum Gasteiger partial charge on any atom is 0.225 e. The first-order chi connectivity index (χ1) is 6.90. The summed E-state index contributed by atoms with van der Waals surface area (Å²) in [7, 11) is 0. The molecule has 1 amide bonds. The zero-order chi connectivity index (χ0) is 11.9. The molecule has 98 valence electrons. The lowest BCUT2D eigenvalue weighted by Gasteiger charge is -2.25. The maximum absolute atomic E-state index is 11.8. The highest BCUT2D eigenvalue weighted by molar-refractivity contribution is 5.85. The van der Waals surface area contributed by atoms with Crippen LogP contribution in [0.4, 0.5) is 0 Å². The molecule has 0 aliphatic rings. The summed E-state index contributed by atoms with van der Waals surface area (Å²) in [5.74, 6) is 0.716. The predicted octanol–water partition coefficient (Wildman–Crippen LogP) is 2.21. The first kappa shape index (κ1) is 18.1. The van der Waals surface area contributed by atoms with Crippen molar-refractivity contribution in [2.75, 3.05) is 19.6 Å². The van der Waals surface area contributed by atoms with Crippen molar-refractivity contribution < 1.29 is 4.79 Å². The SMILES string of the molecule is CCNCCNC(=O)C(C)(C)CC(C)C.Cl. The third-order valence-electron chi connectivity index (χ3n) is 2.37. The zero-order valence-electron chi connectivity index (χ0n) is 11.2. The van der Waals surface area contributed by atoms with Gasteiger partial charge in [-0.05, 0) is 18.9 Å². The molecule has 0 atom stereocenters. The van der Waals surface area contributed by atoms with Gasteiger partial charge < -0.3 is 10.6 Å². The maximum atomic E-state index is 11.8. The van der Waals surface area contributed by atoms with Crippen molar-refractivity contribution in [2.45, 2.75) is 41.0 Å². The number of carbonyl (C=O) groups is 1. The fourth-order valence-electron chi connectivity index (χ4n) is 1.79. The summed E-state index contributed by atoms with van der Waals surface area (Å²) in [5.41, 5.74) is -0.250. The number of halogens is 1. The molecule has 0 fully saturated rings. The van der Waals surface area contributed by atoms with Gasteiger partial charge in [-0.15, -0.1) is 12.4 Å². The molecule has 0 spiro atoms. The number of hydrogen-bond acceptors (Lipinski definition) is 2. The molecule has 0 saturated carbocycles. The molecule has 0 aromatic carbocycles. The minimum Gasteiger partial charge on any atom is -0.354 e. The van der Waals surface area contributed by atoms with Crippen LogP contribution in [0.1, 0.15) is 41.0 Å². The topological polar surface area (TPSA) is 41.1 Å². The second-order valence-corrected chi connectivity index (χ2v) is 5.09. The second-order valence-electron chi connectivity index (χ2n) is 5.09. The fourth-order valence-corrected chi connectivity index (χ4v) is 1.79. The molecule has 0 aliphatic carbocycles. The van der Waals surface area contributed by atoms with E-state index < -0.39 is 0 Å². The van der Waals surface area contributed by atoms with Crippen molar-refractivity contribution >= 4 is 18.3 Å². The number of amides is 1. The van der Waals surface area contributed by atoms with Gasteiger partial charge in [-0.3, -0.25) is 4.79 Å². The van der Waals surface area contributed by atoms with Gasteiger partial charge in [-0.25, -0.2) is 0 Å². The molecule has 4 heteroatoms. The highest BCUT2D eigenvalue weighted by Crippen LogP contribution is 2.25. The van der Waals surface area contributed by atoms with Crippen molar-refractivity contribution in [1.82, 2.24) is 10.6 Å². The summed E-state index contributed by atoms with van der Waals surface area (Å²) in [6, 6.07) is 0. The summed E-state index contributed by atoms with van der Waals surface area (Å²) in [4.78, 5) is 11.8. The van der Waals surface area contributed by atoms with E-state index in [0.29, 0.717) is 12.5 Å². The van der Waals surface area contributed by atoms with E-state index in [9.17, 15) is 4.79 Å². The summed E-state index contributed by atoms with van der Waals surface area (Å²) in [6.45, 7) is 12.9. The van der Waals surface area contributed by atoms with Crippen LogP contribution in [0.15, 0.2) is 0 Å². The van der Waals surface area contributed by atoms with Crippen molar-refractivity contribution in [1.29, 1.82) is 0 Å². The minimum absolute atomic E-state index is 0. The van der Waals surface area contributed by atoms with Crippen molar-refractivity contribution in [3.05, 3.63) is 0 Å². The Labute approximate surface area is 106 Å². The Hall–Kier alpha value is -0.280. The van der Waals surface area contributed by atoms with Gasteiger partial charge in [0.25, 0.3) is 0 Å². The summed E-state index contributed by atoms with van der Waals surface area (Å²) in [6.07, 6.45) is 0.931. The first-order valence-electron chi connectivity index (χ1n) is 5.89. The molecular weight excluding hydrogens is 224 g/mol. The average Bonchev–Trinajstić information content (AvgIpc) is 2.10. The Bertz CT molecular complexity index is 193.